The lowest BCUT2D eigenvalue weighted by Crippen LogP contribution is -2.48. The molecular formula is C25H22FN5O2S2. The lowest BCUT2D eigenvalue weighted by atomic mass is 9.74. The molecule has 0 radical (unpaired) electrons. The number of carbonyl (C=O) groups is 1. The van der Waals surface area contributed by atoms with Gasteiger partial charge in [0.15, 0.2) is 0 Å². The van der Waals surface area contributed by atoms with Crippen LogP contribution in [0.2, 0.25) is 0 Å². The molecule has 2 aliphatic heterocycles. The minimum absolute atomic E-state index is 0.0262. The summed E-state index contributed by atoms with van der Waals surface area (Å²) in [5.74, 6) is -0.295. The van der Waals surface area contributed by atoms with Gasteiger partial charge in [-0.1, -0.05) is 6.07 Å². The number of anilines is 1. The van der Waals surface area contributed by atoms with E-state index in [1.54, 1.807) is 47.5 Å². The molecule has 3 aromatic heterocycles. The maximum atomic E-state index is 14.0. The van der Waals surface area contributed by atoms with Crippen LogP contribution >= 0.6 is 11.3 Å². The zero-order chi connectivity index (χ0) is 24.2. The van der Waals surface area contributed by atoms with E-state index in [9.17, 15) is 13.4 Å². The fourth-order valence-electron chi connectivity index (χ4n) is 5.37. The number of rotatable bonds is 4. The predicted molar refractivity (Wildman–Crippen MR) is 135 cm³/mol. The molecule has 1 amide bonds. The van der Waals surface area contributed by atoms with Gasteiger partial charge in [0.2, 0.25) is 5.91 Å². The fraction of sp³-hybridized carbons (Fsp3) is 0.280. The molecule has 0 aliphatic carbocycles. The van der Waals surface area contributed by atoms with E-state index in [1.807, 2.05) is 10.4 Å². The molecule has 0 N–H and O–H groups in total. The SMILES string of the molecule is CS(=O)N1CCC2(CC1)C(=O)N(Cc1ncc3cc(F)ccc3c1-c1cncs1)c1cnccc12. The van der Waals surface area contributed by atoms with Crippen molar-refractivity contribution in [1.29, 1.82) is 0 Å². The summed E-state index contributed by atoms with van der Waals surface area (Å²) in [6.45, 7) is 1.45. The van der Waals surface area contributed by atoms with E-state index in [1.165, 1.54) is 23.5 Å². The summed E-state index contributed by atoms with van der Waals surface area (Å²) in [5, 5.41) is 1.57. The Kier molecular flexibility index (Phi) is 5.46. The Balaban J connectivity index is 1.44. The van der Waals surface area contributed by atoms with Crippen molar-refractivity contribution < 1.29 is 13.4 Å². The smallest absolute Gasteiger partial charge is 0.238 e. The Morgan fingerprint density at radius 1 is 1.14 bits per heavy atom. The highest BCUT2D eigenvalue weighted by atomic mass is 32.2. The zero-order valence-corrected chi connectivity index (χ0v) is 20.6. The molecule has 1 fully saturated rings. The second kappa shape index (κ2) is 8.54. The molecule has 0 saturated carbocycles. The van der Waals surface area contributed by atoms with Crippen molar-refractivity contribution in [2.75, 3.05) is 24.2 Å². The minimum atomic E-state index is -1.06. The Bertz CT molecular complexity index is 1470. The normalized spacial score (nSPS) is 18.3. The molecule has 35 heavy (non-hydrogen) atoms. The highest BCUT2D eigenvalue weighted by molar-refractivity contribution is 7.81. The number of nitrogens with zero attached hydrogens (tertiary/aromatic N) is 5. The van der Waals surface area contributed by atoms with Gasteiger partial charge in [0.1, 0.15) is 5.82 Å². The second-order valence-corrected chi connectivity index (χ2v) is 11.1. The lowest BCUT2D eigenvalue weighted by molar-refractivity contribution is -0.124. The summed E-state index contributed by atoms with van der Waals surface area (Å²) >= 11 is 1.48. The van der Waals surface area contributed by atoms with Crippen LogP contribution < -0.4 is 4.90 Å². The van der Waals surface area contributed by atoms with Crippen LogP contribution in [0.5, 0.6) is 0 Å². The molecule has 1 unspecified atom stereocenters. The third kappa shape index (κ3) is 3.59. The molecule has 0 bridgehead atoms. The summed E-state index contributed by atoms with van der Waals surface area (Å²) < 4.78 is 27.8. The van der Waals surface area contributed by atoms with Gasteiger partial charge in [0, 0.05) is 48.9 Å². The lowest BCUT2D eigenvalue weighted by Gasteiger charge is -2.37. The molecule has 1 aromatic carbocycles. The van der Waals surface area contributed by atoms with Gasteiger partial charge in [-0.15, -0.1) is 11.3 Å². The quantitative estimate of drug-likeness (QED) is 0.416. The van der Waals surface area contributed by atoms with E-state index in [4.69, 9.17) is 4.98 Å². The largest absolute Gasteiger partial charge is 0.304 e. The molecule has 2 aliphatic rings. The maximum absolute atomic E-state index is 14.0. The molecule has 1 atom stereocenters. The monoisotopic (exact) mass is 507 g/mol. The number of thiazole rings is 1. The van der Waals surface area contributed by atoms with Crippen molar-refractivity contribution in [2.24, 2.45) is 0 Å². The number of piperidine rings is 1. The molecule has 10 heteroatoms. The standard InChI is InChI=1S/C25H22FN5O2S2/c1-35(33)30-8-5-25(6-9-30)19-4-7-27-12-21(19)31(24(25)32)14-20-23(22-13-28-15-34-22)18-3-2-17(26)10-16(18)11-29-20/h2-4,7,10-13,15H,5-6,8-9,14H2,1H3. The van der Waals surface area contributed by atoms with E-state index in [0.29, 0.717) is 31.3 Å². The number of amides is 1. The number of carbonyl (C=O) groups excluding carboxylic acids is 1. The Morgan fingerprint density at radius 3 is 2.71 bits per heavy atom. The number of benzene rings is 1. The van der Waals surface area contributed by atoms with Gasteiger partial charge < -0.3 is 4.90 Å². The highest BCUT2D eigenvalue weighted by Crippen LogP contribution is 2.48. The number of fused-ring (bicyclic) bond motifs is 3. The molecule has 6 rings (SSSR count). The van der Waals surface area contributed by atoms with E-state index >= 15 is 0 Å². The van der Waals surface area contributed by atoms with Crippen molar-refractivity contribution >= 4 is 44.7 Å². The van der Waals surface area contributed by atoms with Crippen LogP contribution in [0, 0.1) is 5.82 Å². The average Bonchev–Trinajstić information content (AvgIpc) is 3.47. The van der Waals surface area contributed by atoms with Crippen LogP contribution in [0.1, 0.15) is 24.1 Å². The fourth-order valence-corrected chi connectivity index (χ4v) is 6.77. The van der Waals surface area contributed by atoms with Crippen LogP contribution in [0.15, 0.2) is 54.6 Å². The van der Waals surface area contributed by atoms with Crippen molar-refractivity contribution in [1.82, 2.24) is 19.3 Å². The number of halogens is 1. The van der Waals surface area contributed by atoms with Crippen molar-refractivity contribution in [2.45, 2.75) is 24.8 Å². The third-order valence-corrected chi connectivity index (χ3v) is 9.00. The Hall–Kier alpha value is -3.08. The van der Waals surface area contributed by atoms with Gasteiger partial charge in [-0.05, 0) is 42.0 Å². The summed E-state index contributed by atoms with van der Waals surface area (Å²) in [6, 6.07) is 6.61. The minimum Gasteiger partial charge on any atom is -0.304 e. The first-order valence-electron chi connectivity index (χ1n) is 11.3. The molecular weight excluding hydrogens is 485 g/mol. The summed E-state index contributed by atoms with van der Waals surface area (Å²) in [7, 11) is -1.06. The van der Waals surface area contributed by atoms with Crippen molar-refractivity contribution in [3.8, 4) is 10.4 Å². The summed E-state index contributed by atoms with van der Waals surface area (Å²) in [5.41, 5.74) is 4.45. The molecule has 1 saturated heterocycles. The van der Waals surface area contributed by atoms with E-state index < -0.39 is 16.4 Å². The Morgan fingerprint density at radius 2 is 1.97 bits per heavy atom. The summed E-state index contributed by atoms with van der Waals surface area (Å²) in [4.78, 5) is 30.0. The van der Waals surface area contributed by atoms with Gasteiger partial charge in [-0.3, -0.25) is 19.7 Å². The van der Waals surface area contributed by atoms with E-state index in [2.05, 4.69) is 9.97 Å². The van der Waals surface area contributed by atoms with E-state index in [-0.39, 0.29) is 18.3 Å². The first-order valence-corrected chi connectivity index (χ1v) is 13.7. The van der Waals surface area contributed by atoms with Gasteiger partial charge >= 0.3 is 0 Å². The Labute approximate surface area is 208 Å². The topological polar surface area (TPSA) is 79.3 Å². The number of pyridine rings is 2. The van der Waals surface area contributed by atoms with Gasteiger partial charge in [0.05, 0.1) is 50.9 Å². The first kappa shape index (κ1) is 22.4. The molecule has 5 heterocycles. The van der Waals surface area contributed by atoms with Gasteiger partial charge in [-0.25, -0.2) is 12.9 Å². The average molecular weight is 508 g/mol. The van der Waals surface area contributed by atoms with Crippen molar-refractivity contribution in [3.05, 3.63) is 71.6 Å². The number of hydrogen-bond donors (Lipinski definition) is 0. The van der Waals surface area contributed by atoms with Crippen LogP contribution in [0.4, 0.5) is 10.1 Å². The molecule has 178 valence electrons. The van der Waals surface area contributed by atoms with Gasteiger partial charge in [-0.2, -0.15) is 0 Å². The van der Waals surface area contributed by atoms with E-state index in [0.717, 1.165) is 32.8 Å². The van der Waals surface area contributed by atoms with Crippen LogP contribution in [0.25, 0.3) is 21.2 Å². The van der Waals surface area contributed by atoms with Crippen molar-refractivity contribution in [3.63, 3.8) is 0 Å². The highest BCUT2D eigenvalue weighted by Gasteiger charge is 2.52. The predicted octanol–water partition coefficient (Wildman–Crippen LogP) is 4.07. The third-order valence-electron chi connectivity index (χ3n) is 7.12. The van der Waals surface area contributed by atoms with Crippen LogP contribution in [0.3, 0.4) is 0 Å². The van der Waals surface area contributed by atoms with Gasteiger partial charge in [0.25, 0.3) is 0 Å². The first-order chi connectivity index (χ1) is 17.0. The van der Waals surface area contributed by atoms with Crippen LogP contribution in [-0.4, -0.2) is 48.7 Å². The number of aromatic nitrogens is 3. The summed E-state index contributed by atoms with van der Waals surface area (Å²) in [6.07, 6.45) is 9.79. The zero-order valence-electron chi connectivity index (χ0n) is 19.0. The molecule has 1 spiro atoms. The molecule has 7 nitrogen and oxygen atoms in total. The molecule has 4 aromatic rings. The van der Waals surface area contributed by atoms with Crippen LogP contribution in [-0.2, 0) is 27.7 Å². The second-order valence-electron chi connectivity index (χ2n) is 8.90. The number of hydrogen-bond acceptors (Lipinski definition) is 6. The maximum Gasteiger partial charge on any atom is 0.238 e.